The van der Waals surface area contributed by atoms with Crippen molar-refractivity contribution in [1.82, 2.24) is 10.6 Å². The molecule has 0 saturated carbocycles. The second-order valence-electron chi connectivity index (χ2n) is 7.54. The van der Waals surface area contributed by atoms with Crippen LogP contribution < -0.4 is 20.3 Å². The van der Waals surface area contributed by atoms with Crippen molar-refractivity contribution in [1.29, 1.82) is 0 Å². The van der Waals surface area contributed by atoms with Gasteiger partial charge in [0.25, 0.3) is 5.91 Å². The van der Waals surface area contributed by atoms with Gasteiger partial charge in [0, 0.05) is 31.7 Å². The molecule has 1 heterocycles. The third-order valence-corrected chi connectivity index (χ3v) is 4.92. The Hall–Kier alpha value is -3.39. The minimum absolute atomic E-state index is 0.111. The summed E-state index contributed by atoms with van der Waals surface area (Å²) in [5.41, 5.74) is 1.67. The summed E-state index contributed by atoms with van der Waals surface area (Å²) in [6, 6.07) is 16.4. The molecule has 3 amide bonds. The van der Waals surface area contributed by atoms with Gasteiger partial charge in [-0.15, -0.1) is 0 Å². The molecule has 0 radical (unpaired) electrons. The topological polar surface area (TPSA) is 108 Å². The van der Waals surface area contributed by atoms with E-state index < -0.39 is 12.0 Å². The number of carbonyl (C=O) groups excluding carboxylic acids is 3. The van der Waals surface area contributed by atoms with E-state index in [-0.39, 0.29) is 43.8 Å². The molecule has 2 aromatic carbocycles. The first-order valence-electron chi connectivity index (χ1n) is 10.2. The van der Waals surface area contributed by atoms with Crippen LogP contribution in [-0.4, -0.2) is 48.6 Å². The number of aliphatic hydroxyl groups is 1. The summed E-state index contributed by atoms with van der Waals surface area (Å²) < 4.78 is 5.51. The van der Waals surface area contributed by atoms with Gasteiger partial charge in [0.05, 0.1) is 12.0 Å². The van der Waals surface area contributed by atoms with Gasteiger partial charge in [-0.25, -0.2) is 0 Å². The fourth-order valence-corrected chi connectivity index (χ4v) is 3.24. The molecule has 1 fully saturated rings. The molecule has 0 aliphatic carbocycles. The van der Waals surface area contributed by atoms with E-state index in [1.54, 1.807) is 36.1 Å². The summed E-state index contributed by atoms with van der Waals surface area (Å²) in [7, 11) is 0. The zero-order valence-corrected chi connectivity index (χ0v) is 17.4. The van der Waals surface area contributed by atoms with Gasteiger partial charge in [0.1, 0.15) is 5.75 Å². The highest BCUT2D eigenvalue weighted by atomic mass is 16.5. The Kier molecular flexibility index (Phi) is 7.61. The van der Waals surface area contributed by atoms with E-state index in [2.05, 4.69) is 10.6 Å². The highest BCUT2D eigenvalue weighted by Gasteiger charge is 2.35. The smallest absolute Gasteiger partial charge is 0.258 e. The standard InChI is InChI=1S/C23H27N3O5/c1-16(27)12-25-23(30)18-11-22(29)26(14-18)19-7-9-20(10-8-19)31-15-21(28)24-13-17-5-3-2-4-6-17/h2-10,16,18,27H,11-15H2,1H3,(H,24,28)(H,25,30)/t16-,18-/m0/s1. The van der Waals surface area contributed by atoms with Gasteiger partial charge in [-0.1, -0.05) is 30.3 Å². The van der Waals surface area contributed by atoms with E-state index >= 15 is 0 Å². The Bertz CT molecular complexity index is 899. The van der Waals surface area contributed by atoms with Gasteiger partial charge in [-0.05, 0) is 36.8 Å². The third-order valence-electron chi connectivity index (χ3n) is 4.92. The average molecular weight is 425 g/mol. The number of hydrogen-bond acceptors (Lipinski definition) is 5. The van der Waals surface area contributed by atoms with Crippen molar-refractivity contribution in [3.63, 3.8) is 0 Å². The molecule has 0 bridgehead atoms. The lowest BCUT2D eigenvalue weighted by molar-refractivity contribution is -0.126. The molecular weight excluding hydrogens is 398 g/mol. The number of rotatable bonds is 9. The lowest BCUT2D eigenvalue weighted by Crippen LogP contribution is -2.36. The zero-order chi connectivity index (χ0) is 22.2. The predicted molar refractivity (Wildman–Crippen MR) is 115 cm³/mol. The fraction of sp³-hybridized carbons (Fsp3) is 0.348. The van der Waals surface area contributed by atoms with Gasteiger partial charge in [-0.3, -0.25) is 14.4 Å². The first-order chi connectivity index (χ1) is 14.9. The second kappa shape index (κ2) is 10.6. The van der Waals surface area contributed by atoms with Gasteiger partial charge in [-0.2, -0.15) is 0 Å². The van der Waals surface area contributed by atoms with E-state index in [4.69, 9.17) is 4.74 Å². The molecule has 31 heavy (non-hydrogen) atoms. The number of benzene rings is 2. The normalized spacial score (nSPS) is 16.6. The predicted octanol–water partition coefficient (Wildman–Crippen LogP) is 1.23. The average Bonchev–Trinajstić information content (AvgIpc) is 3.17. The van der Waals surface area contributed by atoms with Crippen LogP contribution >= 0.6 is 0 Å². The van der Waals surface area contributed by atoms with Crippen molar-refractivity contribution in [3.05, 3.63) is 60.2 Å². The molecule has 1 aliphatic heterocycles. The molecule has 0 spiro atoms. The molecule has 8 heteroatoms. The highest BCUT2D eigenvalue weighted by molar-refractivity contribution is 6.00. The molecule has 1 saturated heterocycles. The summed E-state index contributed by atoms with van der Waals surface area (Å²) in [5, 5.41) is 14.7. The monoisotopic (exact) mass is 425 g/mol. The lowest BCUT2D eigenvalue weighted by atomic mass is 10.1. The van der Waals surface area contributed by atoms with Crippen molar-refractivity contribution in [3.8, 4) is 5.75 Å². The zero-order valence-electron chi connectivity index (χ0n) is 17.4. The Morgan fingerprint density at radius 2 is 1.84 bits per heavy atom. The van der Waals surface area contributed by atoms with Gasteiger partial charge < -0.3 is 25.4 Å². The van der Waals surface area contributed by atoms with Crippen molar-refractivity contribution in [2.75, 3.05) is 24.6 Å². The van der Waals surface area contributed by atoms with Crippen LogP contribution in [0.1, 0.15) is 18.9 Å². The van der Waals surface area contributed by atoms with Crippen LogP contribution in [0.3, 0.4) is 0 Å². The molecule has 1 aliphatic rings. The Balaban J connectivity index is 1.46. The molecular formula is C23H27N3O5. The summed E-state index contributed by atoms with van der Waals surface area (Å²) in [6.07, 6.45) is -0.504. The highest BCUT2D eigenvalue weighted by Crippen LogP contribution is 2.27. The van der Waals surface area contributed by atoms with E-state index in [9.17, 15) is 19.5 Å². The molecule has 2 atom stereocenters. The maximum atomic E-state index is 12.3. The molecule has 8 nitrogen and oxygen atoms in total. The molecule has 3 N–H and O–H groups in total. The van der Waals surface area contributed by atoms with Gasteiger partial charge >= 0.3 is 0 Å². The Labute approximate surface area is 181 Å². The van der Waals surface area contributed by atoms with Crippen LogP contribution in [0.4, 0.5) is 5.69 Å². The Morgan fingerprint density at radius 1 is 1.13 bits per heavy atom. The Morgan fingerprint density at radius 3 is 2.52 bits per heavy atom. The van der Waals surface area contributed by atoms with Gasteiger partial charge in [0.15, 0.2) is 6.61 Å². The molecule has 164 valence electrons. The van der Waals surface area contributed by atoms with Crippen LogP contribution in [-0.2, 0) is 20.9 Å². The van der Waals surface area contributed by atoms with E-state index in [1.807, 2.05) is 30.3 Å². The first kappa shape index (κ1) is 22.3. The lowest BCUT2D eigenvalue weighted by Gasteiger charge is -2.17. The molecule has 0 unspecified atom stereocenters. The number of anilines is 1. The fourth-order valence-electron chi connectivity index (χ4n) is 3.24. The van der Waals surface area contributed by atoms with Gasteiger partial charge in [0.2, 0.25) is 11.8 Å². The molecule has 3 rings (SSSR count). The maximum absolute atomic E-state index is 12.3. The van der Waals surface area contributed by atoms with Crippen LogP contribution in [0.15, 0.2) is 54.6 Å². The number of nitrogens with one attached hydrogen (secondary N) is 2. The van der Waals surface area contributed by atoms with E-state index in [1.165, 1.54) is 0 Å². The quantitative estimate of drug-likeness (QED) is 0.560. The number of ether oxygens (including phenoxy) is 1. The van der Waals surface area contributed by atoms with Crippen molar-refractivity contribution in [2.24, 2.45) is 5.92 Å². The molecule has 0 aromatic heterocycles. The third kappa shape index (κ3) is 6.55. The van der Waals surface area contributed by atoms with Crippen molar-refractivity contribution >= 4 is 23.4 Å². The largest absolute Gasteiger partial charge is 0.484 e. The summed E-state index contributed by atoms with van der Waals surface area (Å²) in [5.74, 6) is -0.537. The van der Waals surface area contributed by atoms with Crippen LogP contribution in [0, 0.1) is 5.92 Å². The second-order valence-corrected chi connectivity index (χ2v) is 7.54. The van der Waals surface area contributed by atoms with Crippen molar-refractivity contribution < 1.29 is 24.2 Å². The minimum Gasteiger partial charge on any atom is -0.484 e. The summed E-state index contributed by atoms with van der Waals surface area (Å²) >= 11 is 0. The SMILES string of the molecule is C[C@H](O)CNC(=O)[C@H]1CC(=O)N(c2ccc(OCC(=O)NCc3ccccc3)cc2)C1. The van der Waals surface area contributed by atoms with Crippen LogP contribution in [0.25, 0.3) is 0 Å². The maximum Gasteiger partial charge on any atom is 0.258 e. The number of amides is 3. The number of nitrogens with zero attached hydrogens (tertiary/aromatic N) is 1. The number of carbonyl (C=O) groups is 3. The van der Waals surface area contributed by atoms with Crippen molar-refractivity contribution in [2.45, 2.75) is 26.0 Å². The number of aliphatic hydroxyl groups excluding tert-OH is 1. The van der Waals surface area contributed by atoms with Crippen LogP contribution in [0.2, 0.25) is 0 Å². The van der Waals surface area contributed by atoms with Crippen LogP contribution in [0.5, 0.6) is 5.75 Å². The molecule has 2 aromatic rings. The summed E-state index contributed by atoms with van der Waals surface area (Å²) in [4.78, 5) is 38.0. The minimum atomic E-state index is -0.634. The first-order valence-corrected chi connectivity index (χ1v) is 10.2. The van der Waals surface area contributed by atoms with E-state index in [0.717, 1.165) is 5.56 Å². The summed E-state index contributed by atoms with van der Waals surface area (Å²) in [6.45, 7) is 2.36. The number of hydrogen-bond donors (Lipinski definition) is 3. The van der Waals surface area contributed by atoms with E-state index in [0.29, 0.717) is 18.0 Å².